The van der Waals surface area contributed by atoms with Crippen molar-refractivity contribution in [1.82, 2.24) is 10.2 Å². The summed E-state index contributed by atoms with van der Waals surface area (Å²) in [6.45, 7) is 7.77. The first kappa shape index (κ1) is 24.1. The van der Waals surface area contributed by atoms with Crippen LogP contribution in [0.25, 0.3) is 0 Å². The SMILES string of the molecule is CC(=O)NCCCOc1ccc(CN2CCC[C@](O)(COc3ccc(C)cc3)CC2)cc1. The van der Waals surface area contributed by atoms with Crippen LogP contribution in [0.4, 0.5) is 0 Å². The number of nitrogens with zero attached hydrogens (tertiary/aromatic N) is 1. The molecular weight excluding hydrogens is 404 g/mol. The first-order valence-corrected chi connectivity index (χ1v) is 11.5. The summed E-state index contributed by atoms with van der Waals surface area (Å²) in [4.78, 5) is 13.3. The summed E-state index contributed by atoms with van der Waals surface area (Å²) < 4.78 is 11.6. The van der Waals surface area contributed by atoms with Gasteiger partial charge < -0.3 is 19.9 Å². The Bertz CT molecular complexity index is 838. The van der Waals surface area contributed by atoms with Crippen LogP contribution in [0.15, 0.2) is 48.5 Å². The summed E-state index contributed by atoms with van der Waals surface area (Å²) in [6.07, 6.45) is 3.18. The molecular formula is C26H36N2O4. The lowest BCUT2D eigenvalue weighted by atomic mass is 9.96. The third-order valence-electron chi connectivity index (χ3n) is 5.83. The van der Waals surface area contributed by atoms with Crippen molar-refractivity contribution < 1.29 is 19.4 Å². The summed E-state index contributed by atoms with van der Waals surface area (Å²) in [5.41, 5.74) is 1.65. The highest BCUT2D eigenvalue weighted by Gasteiger charge is 2.31. The second-order valence-electron chi connectivity index (χ2n) is 8.78. The number of nitrogens with one attached hydrogen (secondary N) is 1. The van der Waals surface area contributed by atoms with Gasteiger partial charge in [-0.25, -0.2) is 0 Å². The van der Waals surface area contributed by atoms with E-state index >= 15 is 0 Å². The Morgan fingerprint density at radius 1 is 1.03 bits per heavy atom. The number of likely N-dealkylation sites (tertiary alicyclic amines) is 1. The van der Waals surface area contributed by atoms with Gasteiger partial charge in [0.1, 0.15) is 18.1 Å². The quantitative estimate of drug-likeness (QED) is 0.552. The van der Waals surface area contributed by atoms with Gasteiger partial charge in [0, 0.05) is 26.6 Å². The molecule has 0 bridgehead atoms. The zero-order chi connectivity index (χ0) is 22.8. The highest BCUT2D eigenvalue weighted by atomic mass is 16.5. The van der Waals surface area contributed by atoms with Crippen LogP contribution >= 0.6 is 0 Å². The van der Waals surface area contributed by atoms with Gasteiger partial charge in [-0.05, 0) is 69.0 Å². The van der Waals surface area contributed by atoms with Crippen molar-refractivity contribution in [3.05, 3.63) is 59.7 Å². The minimum absolute atomic E-state index is 0.0138. The van der Waals surface area contributed by atoms with Crippen molar-refractivity contribution >= 4 is 5.91 Å². The molecule has 1 saturated heterocycles. The molecule has 0 unspecified atom stereocenters. The van der Waals surface area contributed by atoms with Crippen molar-refractivity contribution in [2.75, 3.05) is 32.8 Å². The molecule has 1 aliphatic rings. The topological polar surface area (TPSA) is 71.0 Å². The van der Waals surface area contributed by atoms with Crippen molar-refractivity contribution in [2.45, 2.75) is 51.7 Å². The molecule has 2 aromatic carbocycles. The lowest BCUT2D eigenvalue weighted by Crippen LogP contribution is -2.37. The first-order valence-electron chi connectivity index (χ1n) is 11.5. The molecule has 1 fully saturated rings. The third-order valence-corrected chi connectivity index (χ3v) is 5.83. The fourth-order valence-corrected chi connectivity index (χ4v) is 3.87. The van der Waals surface area contributed by atoms with E-state index in [-0.39, 0.29) is 5.91 Å². The monoisotopic (exact) mass is 440 g/mol. The number of rotatable bonds is 10. The maximum atomic E-state index is 11.0. The molecule has 2 N–H and O–H groups in total. The average molecular weight is 441 g/mol. The van der Waals surface area contributed by atoms with Crippen LogP contribution in [-0.4, -0.2) is 54.4 Å². The standard InChI is InChI=1S/C26H36N2O4/c1-21-5-9-25(10-6-21)32-20-26(30)13-3-16-28(17-14-26)19-23-7-11-24(12-8-23)31-18-4-15-27-22(2)29/h5-12,30H,3-4,13-20H2,1-2H3,(H,27,29)/t26-/m1/s1. The molecule has 1 heterocycles. The number of amides is 1. The Kier molecular flexibility index (Phi) is 8.94. The number of hydrogen-bond donors (Lipinski definition) is 2. The van der Waals surface area contributed by atoms with Crippen molar-refractivity contribution in [3.63, 3.8) is 0 Å². The summed E-state index contributed by atoms with van der Waals surface area (Å²) in [6, 6.07) is 16.2. The zero-order valence-corrected chi connectivity index (χ0v) is 19.3. The largest absolute Gasteiger partial charge is 0.494 e. The van der Waals surface area contributed by atoms with E-state index in [2.05, 4.69) is 22.3 Å². The summed E-state index contributed by atoms with van der Waals surface area (Å²) >= 11 is 0. The van der Waals surface area contributed by atoms with Crippen molar-refractivity contribution in [1.29, 1.82) is 0 Å². The number of aliphatic hydroxyl groups is 1. The second-order valence-corrected chi connectivity index (χ2v) is 8.78. The number of hydrogen-bond acceptors (Lipinski definition) is 5. The Balaban J connectivity index is 1.41. The maximum Gasteiger partial charge on any atom is 0.216 e. The molecule has 0 spiro atoms. The van der Waals surface area contributed by atoms with E-state index < -0.39 is 5.60 Å². The van der Waals surface area contributed by atoms with Crippen LogP contribution in [0.2, 0.25) is 0 Å². The molecule has 1 amide bonds. The van der Waals surface area contributed by atoms with Crippen molar-refractivity contribution in [2.24, 2.45) is 0 Å². The predicted octanol–water partition coefficient (Wildman–Crippen LogP) is 3.70. The van der Waals surface area contributed by atoms with Gasteiger partial charge in [0.05, 0.1) is 12.2 Å². The average Bonchev–Trinajstić information content (AvgIpc) is 2.96. The predicted molar refractivity (Wildman–Crippen MR) is 126 cm³/mol. The Morgan fingerprint density at radius 3 is 2.44 bits per heavy atom. The molecule has 6 nitrogen and oxygen atoms in total. The lowest BCUT2D eigenvalue weighted by Gasteiger charge is -2.27. The van der Waals surface area contributed by atoms with Crippen LogP contribution in [0.1, 0.15) is 43.7 Å². The summed E-state index contributed by atoms with van der Waals surface area (Å²) in [7, 11) is 0. The molecule has 6 heteroatoms. The molecule has 1 atom stereocenters. The van der Waals surface area contributed by atoms with Crippen LogP contribution in [0.3, 0.4) is 0 Å². The number of carbonyl (C=O) groups excluding carboxylic acids is 1. The van der Waals surface area contributed by atoms with Gasteiger partial charge in [-0.3, -0.25) is 9.69 Å². The highest BCUT2D eigenvalue weighted by Crippen LogP contribution is 2.25. The Hall–Kier alpha value is -2.57. The molecule has 0 saturated carbocycles. The summed E-state index contributed by atoms with van der Waals surface area (Å²) in [5, 5.41) is 13.8. The normalized spacial score (nSPS) is 19.2. The van der Waals surface area contributed by atoms with Gasteiger partial charge in [-0.2, -0.15) is 0 Å². The minimum Gasteiger partial charge on any atom is -0.494 e. The zero-order valence-electron chi connectivity index (χ0n) is 19.3. The Morgan fingerprint density at radius 2 is 1.72 bits per heavy atom. The smallest absolute Gasteiger partial charge is 0.216 e. The maximum absolute atomic E-state index is 11.0. The third kappa shape index (κ3) is 8.17. The van der Waals surface area contributed by atoms with Gasteiger partial charge in [0.2, 0.25) is 5.91 Å². The van der Waals surface area contributed by atoms with Gasteiger partial charge >= 0.3 is 0 Å². The second kappa shape index (κ2) is 11.9. The van der Waals surface area contributed by atoms with E-state index in [0.29, 0.717) is 26.2 Å². The highest BCUT2D eigenvalue weighted by molar-refractivity contribution is 5.72. The van der Waals surface area contributed by atoms with Crippen molar-refractivity contribution in [3.8, 4) is 11.5 Å². The number of ether oxygens (including phenoxy) is 2. The van der Waals surface area contributed by atoms with E-state index in [9.17, 15) is 9.90 Å². The number of aryl methyl sites for hydroxylation is 1. The fourth-order valence-electron chi connectivity index (χ4n) is 3.87. The van der Waals surface area contributed by atoms with E-state index in [1.54, 1.807) is 0 Å². The van der Waals surface area contributed by atoms with Gasteiger partial charge in [0.25, 0.3) is 0 Å². The van der Waals surface area contributed by atoms with Crippen LogP contribution in [0, 0.1) is 6.92 Å². The van der Waals surface area contributed by atoms with Gasteiger partial charge in [-0.15, -0.1) is 0 Å². The fraction of sp³-hybridized carbons (Fsp3) is 0.500. The molecule has 0 radical (unpaired) electrons. The molecule has 174 valence electrons. The number of carbonyl (C=O) groups is 1. The molecule has 0 aromatic heterocycles. The molecule has 1 aliphatic heterocycles. The van der Waals surface area contributed by atoms with Crippen LogP contribution < -0.4 is 14.8 Å². The lowest BCUT2D eigenvalue weighted by molar-refractivity contribution is -0.118. The number of benzene rings is 2. The first-order chi connectivity index (χ1) is 15.4. The molecule has 2 aromatic rings. The molecule has 0 aliphatic carbocycles. The van der Waals surface area contributed by atoms with Gasteiger partial charge in [-0.1, -0.05) is 29.8 Å². The van der Waals surface area contributed by atoms with E-state index in [0.717, 1.165) is 50.4 Å². The molecule has 32 heavy (non-hydrogen) atoms. The van der Waals surface area contributed by atoms with E-state index in [1.807, 2.05) is 43.3 Å². The summed E-state index contributed by atoms with van der Waals surface area (Å²) in [5.74, 6) is 1.64. The van der Waals surface area contributed by atoms with Crippen LogP contribution in [0.5, 0.6) is 11.5 Å². The van der Waals surface area contributed by atoms with E-state index in [4.69, 9.17) is 9.47 Å². The van der Waals surface area contributed by atoms with Crippen LogP contribution in [-0.2, 0) is 11.3 Å². The van der Waals surface area contributed by atoms with E-state index in [1.165, 1.54) is 18.1 Å². The Labute approximate surface area is 191 Å². The minimum atomic E-state index is -0.783. The molecule has 3 rings (SSSR count). The van der Waals surface area contributed by atoms with Gasteiger partial charge in [0.15, 0.2) is 0 Å².